The number of nitriles is 2. The number of rotatable bonds is 9. The Kier molecular flexibility index (Phi) is 7.81. The molecule has 0 amide bonds. The standard InChI is InChI=1S/C17H23N3O2/c1-20(13-15(12-19)5-4-9-18)10-8-14-6-7-16(21-2)17(11-14)22-3/h6-7,11,15H,4-5,8,10,13H2,1-3H3/t15-/m1/s1. The van der Waals surface area contributed by atoms with Gasteiger partial charge in [-0.05, 0) is 37.6 Å². The molecular formula is C17H23N3O2. The third-order valence-corrected chi connectivity index (χ3v) is 3.55. The van der Waals surface area contributed by atoms with Crippen molar-refractivity contribution >= 4 is 0 Å². The molecule has 0 unspecified atom stereocenters. The number of likely N-dealkylation sites (N-methyl/N-ethyl adjacent to an activating group) is 1. The summed E-state index contributed by atoms with van der Waals surface area (Å²) in [5.41, 5.74) is 1.16. The molecule has 0 spiro atoms. The van der Waals surface area contributed by atoms with Crippen LogP contribution in [0, 0.1) is 28.6 Å². The number of hydrogen-bond donors (Lipinski definition) is 0. The number of ether oxygens (including phenoxy) is 2. The molecule has 1 rings (SSSR count). The van der Waals surface area contributed by atoms with Crippen LogP contribution in [0.4, 0.5) is 0 Å². The first-order valence-electron chi connectivity index (χ1n) is 7.30. The van der Waals surface area contributed by atoms with Gasteiger partial charge in [-0.3, -0.25) is 0 Å². The molecule has 5 nitrogen and oxygen atoms in total. The number of methoxy groups -OCH3 is 2. The van der Waals surface area contributed by atoms with Crippen LogP contribution in [0.25, 0.3) is 0 Å². The number of hydrogen-bond acceptors (Lipinski definition) is 5. The minimum Gasteiger partial charge on any atom is -0.493 e. The zero-order chi connectivity index (χ0) is 16.4. The van der Waals surface area contributed by atoms with Gasteiger partial charge >= 0.3 is 0 Å². The zero-order valence-electron chi connectivity index (χ0n) is 13.5. The van der Waals surface area contributed by atoms with Crippen molar-refractivity contribution in [3.63, 3.8) is 0 Å². The van der Waals surface area contributed by atoms with E-state index in [1.165, 1.54) is 0 Å². The molecule has 0 bridgehead atoms. The van der Waals surface area contributed by atoms with E-state index < -0.39 is 0 Å². The van der Waals surface area contributed by atoms with Crippen LogP contribution < -0.4 is 9.47 Å². The second-order valence-electron chi connectivity index (χ2n) is 5.22. The molecule has 0 heterocycles. The molecule has 5 heteroatoms. The van der Waals surface area contributed by atoms with Crippen molar-refractivity contribution in [2.24, 2.45) is 5.92 Å². The molecule has 0 aromatic heterocycles. The number of nitrogens with zero attached hydrogens (tertiary/aromatic N) is 3. The van der Waals surface area contributed by atoms with Gasteiger partial charge in [0.25, 0.3) is 0 Å². The molecule has 1 atom stereocenters. The van der Waals surface area contributed by atoms with Gasteiger partial charge in [-0.1, -0.05) is 6.07 Å². The third kappa shape index (κ3) is 5.63. The topological polar surface area (TPSA) is 69.3 Å². The minimum absolute atomic E-state index is 0.0879. The molecule has 0 aliphatic heterocycles. The fourth-order valence-electron chi connectivity index (χ4n) is 2.26. The Balaban J connectivity index is 2.52. The predicted molar refractivity (Wildman–Crippen MR) is 84.7 cm³/mol. The molecule has 0 N–H and O–H groups in total. The third-order valence-electron chi connectivity index (χ3n) is 3.55. The summed E-state index contributed by atoms with van der Waals surface area (Å²) in [4.78, 5) is 2.13. The molecule has 0 aliphatic carbocycles. The van der Waals surface area contributed by atoms with E-state index in [0.29, 0.717) is 19.4 Å². The van der Waals surface area contributed by atoms with Gasteiger partial charge in [0.2, 0.25) is 0 Å². The van der Waals surface area contributed by atoms with Gasteiger partial charge in [0, 0.05) is 19.5 Å². The lowest BCUT2D eigenvalue weighted by Gasteiger charge is -2.19. The van der Waals surface area contributed by atoms with Gasteiger partial charge in [0.1, 0.15) is 0 Å². The Bertz CT molecular complexity index is 546. The van der Waals surface area contributed by atoms with Crippen LogP contribution in [0.15, 0.2) is 18.2 Å². The van der Waals surface area contributed by atoms with Crippen LogP contribution in [-0.2, 0) is 6.42 Å². The van der Waals surface area contributed by atoms with Crippen LogP contribution >= 0.6 is 0 Å². The molecule has 0 aliphatic rings. The van der Waals surface area contributed by atoms with Crippen molar-refractivity contribution in [1.82, 2.24) is 4.90 Å². The van der Waals surface area contributed by atoms with E-state index in [4.69, 9.17) is 20.0 Å². The highest BCUT2D eigenvalue weighted by Gasteiger charge is 2.11. The summed E-state index contributed by atoms with van der Waals surface area (Å²) in [7, 11) is 5.24. The van der Waals surface area contributed by atoms with E-state index in [0.717, 1.165) is 30.0 Å². The molecule has 0 saturated carbocycles. The lowest BCUT2D eigenvalue weighted by Crippen LogP contribution is -2.27. The first-order chi connectivity index (χ1) is 10.6. The van der Waals surface area contributed by atoms with E-state index in [1.54, 1.807) is 14.2 Å². The van der Waals surface area contributed by atoms with Gasteiger partial charge in [0.05, 0.1) is 32.3 Å². The maximum absolute atomic E-state index is 9.10. The predicted octanol–water partition coefficient (Wildman–Crippen LogP) is 2.62. The number of benzene rings is 1. The Morgan fingerprint density at radius 3 is 2.50 bits per heavy atom. The summed E-state index contributed by atoms with van der Waals surface area (Å²) in [6, 6.07) is 10.3. The monoisotopic (exact) mass is 301 g/mol. The molecule has 0 saturated heterocycles. The van der Waals surface area contributed by atoms with Crippen LogP contribution in [0.3, 0.4) is 0 Å². The average Bonchev–Trinajstić information content (AvgIpc) is 2.56. The summed E-state index contributed by atoms with van der Waals surface area (Å²) in [5.74, 6) is 1.36. The van der Waals surface area contributed by atoms with Crippen LogP contribution in [0.5, 0.6) is 11.5 Å². The molecule has 1 aromatic rings. The van der Waals surface area contributed by atoms with E-state index >= 15 is 0 Å². The summed E-state index contributed by atoms with van der Waals surface area (Å²) in [5, 5.41) is 17.7. The largest absolute Gasteiger partial charge is 0.493 e. The summed E-state index contributed by atoms with van der Waals surface area (Å²) < 4.78 is 10.5. The molecule has 0 radical (unpaired) electrons. The lowest BCUT2D eigenvalue weighted by atomic mass is 10.0. The highest BCUT2D eigenvalue weighted by molar-refractivity contribution is 5.42. The average molecular weight is 301 g/mol. The van der Waals surface area contributed by atoms with Gasteiger partial charge < -0.3 is 14.4 Å². The van der Waals surface area contributed by atoms with Crippen molar-refractivity contribution < 1.29 is 9.47 Å². The van der Waals surface area contributed by atoms with E-state index in [9.17, 15) is 0 Å². The van der Waals surface area contributed by atoms with Crippen LogP contribution in [0.1, 0.15) is 18.4 Å². The van der Waals surface area contributed by atoms with Crippen LogP contribution in [0.2, 0.25) is 0 Å². The van der Waals surface area contributed by atoms with Crippen molar-refractivity contribution in [1.29, 1.82) is 10.5 Å². The van der Waals surface area contributed by atoms with E-state index in [1.807, 2.05) is 25.2 Å². The fraction of sp³-hybridized carbons (Fsp3) is 0.529. The Morgan fingerprint density at radius 1 is 1.18 bits per heavy atom. The summed E-state index contributed by atoms with van der Waals surface area (Å²) >= 11 is 0. The highest BCUT2D eigenvalue weighted by Crippen LogP contribution is 2.27. The normalized spacial score (nSPS) is 11.5. The summed E-state index contributed by atoms with van der Waals surface area (Å²) in [6.07, 6.45) is 1.93. The second kappa shape index (κ2) is 9.65. The molecular weight excluding hydrogens is 278 g/mol. The quantitative estimate of drug-likeness (QED) is 0.701. The SMILES string of the molecule is COc1ccc(CCN(C)C[C@@H](C#N)CCC#N)cc1OC. The molecule has 118 valence electrons. The lowest BCUT2D eigenvalue weighted by molar-refractivity contribution is 0.300. The van der Waals surface area contributed by atoms with Crippen molar-refractivity contribution in [2.45, 2.75) is 19.3 Å². The molecule has 1 aromatic carbocycles. The van der Waals surface area contributed by atoms with Crippen molar-refractivity contribution in [3.05, 3.63) is 23.8 Å². The van der Waals surface area contributed by atoms with Gasteiger partial charge in [-0.25, -0.2) is 0 Å². The maximum atomic E-state index is 9.10. The Morgan fingerprint density at radius 2 is 1.91 bits per heavy atom. The maximum Gasteiger partial charge on any atom is 0.160 e. The van der Waals surface area contributed by atoms with E-state index in [-0.39, 0.29) is 5.92 Å². The van der Waals surface area contributed by atoms with Gasteiger partial charge in [-0.2, -0.15) is 10.5 Å². The Labute approximate surface area is 132 Å². The second-order valence-corrected chi connectivity index (χ2v) is 5.22. The smallest absolute Gasteiger partial charge is 0.160 e. The van der Waals surface area contributed by atoms with Crippen molar-refractivity contribution in [2.75, 3.05) is 34.4 Å². The Hall–Kier alpha value is -2.24. The van der Waals surface area contributed by atoms with Gasteiger partial charge in [-0.15, -0.1) is 0 Å². The van der Waals surface area contributed by atoms with Gasteiger partial charge in [0.15, 0.2) is 11.5 Å². The first kappa shape index (κ1) is 17.8. The van der Waals surface area contributed by atoms with Crippen molar-refractivity contribution in [3.8, 4) is 23.6 Å². The highest BCUT2D eigenvalue weighted by atomic mass is 16.5. The van der Waals surface area contributed by atoms with E-state index in [2.05, 4.69) is 17.0 Å². The molecule has 0 fully saturated rings. The minimum atomic E-state index is -0.0879. The van der Waals surface area contributed by atoms with Crippen LogP contribution in [-0.4, -0.2) is 39.3 Å². The molecule has 22 heavy (non-hydrogen) atoms. The summed E-state index contributed by atoms with van der Waals surface area (Å²) in [6.45, 7) is 1.53. The zero-order valence-corrected chi connectivity index (χ0v) is 13.5. The fourth-order valence-corrected chi connectivity index (χ4v) is 2.26. The first-order valence-corrected chi connectivity index (χ1v) is 7.30.